The van der Waals surface area contributed by atoms with Crippen LogP contribution in [0.15, 0.2) is 18.2 Å². The number of aryl methyl sites for hydroxylation is 1. The highest BCUT2D eigenvalue weighted by atomic mass is 35.5. The maximum atomic E-state index is 9.67. The van der Waals surface area contributed by atoms with Gasteiger partial charge in [-0.2, -0.15) is 0 Å². The fourth-order valence-electron chi connectivity index (χ4n) is 2.58. The smallest absolute Gasteiger partial charge is 0.138 e. The summed E-state index contributed by atoms with van der Waals surface area (Å²) in [6.07, 6.45) is 4.90. The number of benzene rings is 1. The summed E-state index contributed by atoms with van der Waals surface area (Å²) in [5.41, 5.74) is 0.396. The highest BCUT2D eigenvalue weighted by molar-refractivity contribution is 6.32. The number of ether oxygens (including phenoxy) is 1. The molecule has 21 heavy (non-hydrogen) atoms. The van der Waals surface area contributed by atoms with Crippen molar-refractivity contribution in [2.24, 2.45) is 0 Å². The predicted molar refractivity (Wildman–Crippen MR) is 87.2 cm³/mol. The van der Waals surface area contributed by atoms with Crippen LogP contribution in [0.4, 0.5) is 0 Å². The normalized spacial score (nSPS) is 16.4. The van der Waals surface area contributed by atoms with E-state index in [0.29, 0.717) is 10.8 Å². The second-order valence-corrected chi connectivity index (χ2v) is 6.93. The van der Waals surface area contributed by atoms with Crippen molar-refractivity contribution in [3.63, 3.8) is 0 Å². The molecule has 0 saturated carbocycles. The van der Waals surface area contributed by atoms with E-state index >= 15 is 0 Å². The van der Waals surface area contributed by atoms with Gasteiger partial charge in [0, 0.05) is 0 Å². The maximum absolute atomic E-state index is 9.67. The van der Waals surface area contributed by atoms with E-state index in [1.807, 2.05) is 12.1 Å². The Kier molecular flexibility index (Phi) is 5.91. The minimum absolute atomic E-state index is 0.237. The Morgan fingerprint density at radius 2 is 2.00 bits per heavy atom. The number of likely N-dealkylation sites (tertiary alicyclic amines) is 1. The third kappa shape index (κ3) is 5.85. The summed E-state index contributed by atoms with van der Waals surface area (Å²) in [6, 6.07) is 5.94. The van der Waals surface area contributed by atoms with Crippen molar-refractivity contribution in [3.8, 4) is 5.75 Å². The van der Waals surface area contributed by atoms with E-state index in [1.54, 1.807) is 13.8 Å². The molecule has 0 atom stereocenters. The Bertz CT molecular complexity index is 451. The number of halogens is 1. The molecule has 0 radical (unpaired) electrons. The van der Waals surface area contributed by atoms with E-state index in [9.17, 15) is 5.11 Å². The molecule has 2 rings (SSSR count). The molecule has 1 aromatic rings. The van der Waals surface area contributed by atoms with Gasteiger partial charge in [0.25, 0.3) is 0 Å². The molecule has 1 aromatic carbocycles. The largest absolute Gasteiger partial charge is 0.489 e. The second-order valence-electron chi connectivity index (χ2n) is 6.52. The molecule has 1 N–H and O–H groups in total. The van der Waals surface area contributed by atoms with E-state index < -0.39 is 5.60 Å². The summed E-state index contributed by atoms with van der Waals surface area (Å²) in [6.45, 7) is 7.35. The fraction of sp³-hybridized carbons (Fsp3) is 0.647. The third-order valence-electron chi connectivity index (χ3n) is 3.72. The molecule has 1 saturated heterocycles. The molecule has 0 aliphatic carbocycles. The van der Waals surface area contributed by atoms with Crippen molar-refractivity contribution in [3.05, 3.63) is 28.8 Å². The molecule has 0 amide bonds. The number of rotatable bonds is 7. The summed E-state index contributed by atoms with van der Waals surface area (Å²) in [5.74, 6) is 0.641. The second kappa shape index (κ2) is 7.48. The molecule has 1 fully saturated rings. The Labute approximate surface area is 132 Å². The molecule has 118 valence electrons. The van der Waals surface area contributed by atoms with Crippen LogP contribution >= 0.6 is 11.6 Å². The Balaban J connectivity index is 1.80. The van der Waals surface area contributed by atoms with Crippen LogP contribution < -0.4 is 4.74 Å². The number of nitrogens with zero attached hydrogens (tertiary/aromatic N) is 1. The lowest BCUT2D eigenvalue weighted by atomic mass is 10.1. The van der Waals surface area contributed by atoms with Crippen LogP contribution in [0.2, 0.25) is 5.02 Å². The molecular weight excluding hydrogens is 286 g/mol. The van der Waals surface area contributed by atoms with E-state index in [2.05, 4.69) is 11.0 Å². The van der Waals surface area contributed by atoms with Crippen molar-refractivity contribution in [1.29, 1.82) is 0 Å². The number of hydrogen-bond acceptors (Lipinski definition) is 3. The lowest BCUT2D eigenvalue weighted by Crippen LogP contribution is -2.27. The number of aliphatic hydroxyl groups is 1. The van der Waals surface area contributed by atoms with Crippen molar-refractivity contribution in [2.75, 3.05) is 26.2 Å². The van der Waals surface area contributed by atoms with Crippen LogP contribution in [0.1, 0.15) is 38.7 Å². The van der Waals surface area contributed by atoms with Crippen LogP contribution in [0.25, 0.3) is 0 Å². The molecule has 0 unspecified atom stereocenters. The zero-order chi connectivity index (χ0) is 15.3. The fourth-order valence-corrected chi connectivity index (χ4v) is 2.84. The molecule has 1 heterocycles. The first-order valence-electron chi connectivity index (χ1n) is 7.80. The average Bonchev–Trinajstić information content (AvgIpc) is 2.90. The summed E-state index contributed by atoms with van der Waals surface area (Å²) in [4.78, 5) is 2.53. The van der Waals surface area contributed by atoms with E-state index in [4.69, 9.17) is 16.3 Å². The highest BCUT2D eigenvalue weighted by Crippen LogP contribution is 2.26. The van der Waals surface area contributed by atoms with Crippen LogP contribution in [-0.4, -0.2) is 41.8 Å². The van der Waals surface area contributed by atoms with Crippen LogP contribution in [0.3, 0.4) is 0 Å². The monoisotopic (exact) mass is 311 g/mol. The van der Waals surface area contributed by atoms with Crippen LogP contribution in [0.5, 0.6) is 5.75 Å². The first kappa shape index (κ1) is 16.6. The molecule has 3 nitrogen and oxygen atoms in total. The standard InChI is InChI=1S/C17H26ClNO2/c1-17(2,20)13-21-16-8-7-14(12-15(16)18)6-5-11-19-9-3-4-10-19/h7-8,12,20H,3-6,9-11,13H2,1-2H3. The van der Waals surface area contributed by atoms with Crippen molar-refractivity contribution >= 4 is 11.6 Å². The lowest BCUT2D eigenvalue weighted by Gasteiger charge is -2.18. The minimum atomic E-state index is -0.849. The van der Waals surface area contributed by atoms with Gasteiger partial charge in [0.1, 0.15) is 12.4 Å². The Morgan fingerprint density at radius 1 is 1.29 bits per heavy atom. The van der Waals surface area contributed by atoms with Crippen molar-refractivity contribution in [1.82, 2.24) is 4.90 Å². The van der Waals surface area contributed by atoms with Gasteiger partial charge >= 0.3 is 0 Å². The minimum Gasteiger partial charge on any atom is -0.489 e. The van der Waals surface area contributed by atoms with Gasteiger partial charge in [-0.3, -0.25) is 0 Å². The van der Waals surface area contributed by atoms with Gasteiger partial charge in [0.05, 0.1) is 10.6 Å². The first-order valence-corrected chi connectivity index (χ1v) is 8.18. The van der Waals surface area contributed by atoms with E-state index in [0.717, 1.165) is 6.42 Å². The van der Waals surface area contributed by atoms with Gasteiger partial charge < -0.3 is 14.7 Å². The van der Waals surface area contributed by atoms with E-state index in [-0.39, 0.29) is 6.61 Å². The molecule has 0 aromatic heterocycles. The van der Waals surface area contributed by atoms with Gasteiger partial charge in [-0.1, -0.05) is 17.7 Å². The zero-order valence-corrected chi connectivity index (χ0v) is 13.8. The van der Waals surface area contributed by atoms with Gasteiger partial charge in [-0.15, -0.1) is 0 Å². The van der Waals surface area contributed by atoms with Gasteiger partial charge in [0.15, 0.2) is 0 Å². The summed E-state index contributed by atoms with van der Waals surface area (Å²) >= 11 is 6.25. The average molecular weight is 312 g/mol. The van der Waals surface area contributed by atoms with Gasteiger partial charge in [0.2, 0.25) is 0 Å². The molecule has 0 bridgehead atoms. The molecular formula is C17H26ClNO2. The third-order valence-corrected chi connectivity index (χ3v) is 4.01. The molecule has 0 spiro atoms. The van der Waals surface area contributed by atoms with Crippen molar-refractivity contribution < 1.29 is 9.84 Å². The van der Waals surface area contributed by atoms with E-state index in [1.165, 1.54) is 44.5 Å². The summed E-state index contributed by atoms with van der Waals surface area (Å²) in [7, 11) is 0. The first-order chi connectivity index (χ1) is 9.94. The quantitative estimate of drug-likeness (QED) is 0.836. The summed E-state index contributed by atoms with van der Waals surface area (Å²) in [5, 5.41) is 10.3. The Hall–Kier alpha value is -0.770. The predicted octanol–water partition coefficient (Wildman–Crippen LogP) is 3.52. The van der Waals surface area contributed by atoms with Crippen LogP contribution in [0, 0.1) is 0 Å². The Morgan fingerprint density at radius 3 is 2.62 bits per heavy atom. The molecule has 1 aliphatic rings. The topological polar surface area (TPSA) is 32.7 Å². The summed E-state index contributed by atoms with van der Waals surface area (Å²) < 4.78 is 5.55. The molecule has 4 heteroatoms. The zero-order valence-electron chi connectivity index (χ0n) is 13.1. The van der Waals surface area contributed by atoms with Crippen LogP contribution in [-0.2, 0) is 6.42 Å². The van der Waals surface area contributed by atoms with Gasteiger partial charge in [-0.05, 0) is 76.9 Å². The SMILES string of the molecule is CC(C)(O)COc1ccc(CCCN2CCCC2)cc1Cl. The van der Waals surface area contributed by atoms with Gasteiger partial charge in [-0.25, -0.2) is 0 Å². The lowest BCUT2D eigenvalue weighted by molar-refractivity contribution is 0.0285. The number of hydrogen-bond donors (Lipinski definition) is 1. The van der Waals surface area contributed by atoms with Crippen molar-refractivity contribution in [2.45, 2.75) is 45.1 Å². The maximum Gasteiger partial charge on any atom is 0.138 e. The highest BCUT2D eigenvalue weighted by Gasteiger charge is 2.15. The molecule has 1 aliphatic heterocycles.